The third-order valence-electron chi connectivity index (χ3n) is 2.89. The Kier molecular flexibility index (Phi) is 3.54. The molecule has 0 fully saturated rings. The average molecular weight is 315 g/mol. The Balaban J connectivity index is 2.48. The quantitative estimate of drug-likeness (QED) is 0.742. The highest BCUT2D eigenvalue weighted by molar-refractivity contribution is 9.09. The van der Waals surface area contributed by atoms with Gasteiger partial charge in [0, 0.05) is 25.8 Å². The van der Waals surface area contributed by atoms with Gasteiger partial charge in [-0.05, 0) is 13.8 Å². The Hall–Kier alpha value is -1.21. The standard InChI is InChI=1S/C11H15BrN4O2/c1-4-18-11(7-12)8(2)13-14-10-5-6-15(9(3)17)16(10)11/h5-6H,4,7H2,1-3H3. The molecule has 1 amide bonds. The smallest absolute Gasteiger partial charge is 0.242 e. The van der Waals surface area contributed by atoms with Crippen molar-refractivity contribution >= 4 is 33.4 Å². The number of halogens is 1. The highest BCUT2D eigenvalue weighted by atomic mass is 79.9. The van der Waals surface area contributed by atoms with Crippen LogP contribution >= 0.6 is 15.9 Å². The van der Waals surface area contributed by atoms with Crippen LogP contribution in [0.4, 0.5) is 0 Å². The van der Waals surface area contributed by atoms with Gasteiger partial charge in [0.1, 0.15) is 0 Å². The summed E-state index contributed by atoms with van der Waals surface area (Å²) in [5, 5.41) is 11.9. The largest absolute Gasteiger partial charge is 0.348 e. The van der Waals surface area contributed by atoms with Crippen LogP contribution in [0.3, 0.4) is 0 Å². The zero-order valence-corrected chi connectivity index (χ0v) is 12.1. The normalized spacial score (nSPS) is 26.0. The van der Waals surface area contributed by atoms with Crippen LogP contribution in [0.2, 0.25) is 0 Å². The molecular weight excluding hydrogens is 300 g/mol. The van der Waals surface area contributed by atoms with Crippen molar-refractivity contribution in [2.24, 2.45) is 10.2 Å². The van der Waals surface area contributed by atoms with Gasteiger partial charge in [0.2, 0.25) is 11.6 Å². The Morgan fingerprint density at radius 1 is 1.56 bits per heavy atom. The zero-order valence-electron chi connectivity index (χ0n) is 10.6. The lowest BCUT2D eigenvalue weighted by molar-refractivity contribution is -0.157. The summed E-state index contributed by atoms with van der Waals surface area (Å²) in [5.74, 6) is 0.500. The number of nitrogens with zero attached hydrogens (tertiary/aromatic N) is 4. The first-order chi connectivity index (χ1) is 8.56. The molecule has 98 valence electrons. The van der Waals surface area contributed by atoms with Crippen molar-refractivity contribution in [3.05, 3.63) is 12.3 Å². The van der Waals surface area contributed by atoms with E-state index in [1.807, 2.05) is 13.8 Å². The molecule has 0 aromatic heterocycles. The van der Waals surface area contributed by atoms with Crippen LogP contribution in [-0.4, -0.2) is 45.1 Å². The van der Waals surface area contributed by atoms with Gasteiger partial charge in [0.25, 0.3) is 0 Å². The van der Waals surface area contributed by atoms with Crippen molar-refractivity contribution < 1.29 is 9.53 Å². The van der Waals surface area contributed by atoms with E-state index in [0.717, 1.165) is 0 Å². The second-order valence-corrected chi connectivity index (χ2v) is 4.55. The molecule has 6 nitrogen and oxygen atoms in total. The van der Waals surface area contributed by atoms with E-state index in [1.165, 1.54) is 11.9 Å². The van der Waals surface area contributed by atoms with Gasteiger partial charge in [-0.3, -0.25) is 4.79 Å². The molecule has 2 rings (SSSR count). The highest BCUT2D eigenvalue weighted by Crippen LogP contribution is 2.31. The number of alkyl halides is 1. The average Bonchev–Trinajstić information content (AvgIpc) is 2.77. The maximum Gasteiger partial charge on any atom is 0.242 e. The predicted molar refractivity (Wildman–Crippen MR) is 72.2 cm³/mol. The van der Waals surface area contributed by atoms with Gasteiger partial charge in [-0.1, -0.05) is 15.9 Å². The number of amides is 1. The Morgan fingerprint density at radius 2 is 2.28 bits per heavy atom. The van der Waals surface area contributed by atoms with E-state index in [2.05, 4.69) is 26.1 Å². The number of carbonyl (C=O) groups excluding carboxylic acids is 1. The summed E-state index contributed by atoms with van der Waals surface area (Å²) in [6.07, 6.45) is 3.42. The van der Waals surface area contributed by atoms with Crippen LogP contribution in [-0.2, 0) is 9.53 Å². The molecule has 2 aliphatic heterocycles. The van der Waals surface area contributed by atoms with Crippen molar-refractivity contribution in [3.63, 3.8) is 0 Å². The number of hydrazine groups is 1. The molecule has 0 radical (unpaired) electrons. The molecule has 0 saturated carbocycles. The fraction of sp³-hybridized carbons (Fsp3) is 0.545. The minimum absolute atomic E-state index is 0.101. The highest BCUT2D eigenvalue weighted by Gasteiger charge is 2.49. The topological polar surface area (TPSA) is 57.5 Å². The first-order valence-electron chi connectivity index (χ1n) is 5.67. The lowest BCUT2D eigenvalue weighted by Crippen LogP contribution is -2.64. The molecule has 1 atom stereocenters. The number of fused-ring (bicyclic) bond motifs is 1. The maximum absolute atomic E-state index is 11.7. The summed E-state index contributed by atoms with van der Waals surface area (Å²) < 4.78 is 5.86. The summed E-state index contributed by atoms with van der Waals surface area (Å²) in [6, 6.07) is 0. The van der Waals surface area contributed by atoms with Gasteiger partial charge in [-0.15, -0.1) is 5.10 Å². The number of carbonyl (C=O) groups is 1. The summed E-state index contributed by atoms with van der Waals surface area (Å²) in [4.78, 5) is 11.7. The monoisotopic (exact) mass is 314 g/mol. The number of hydrogen-bond donors (Lipinski definition) is 0. The van der Waals surface area contributed by atoms with Gasteiger partial charge in [0.15, 0.2) is 5.84 Å². The number of amidine groups is 1. The van der Waals surface area contributed by atoms with Gasteiger partial charge in [-0.2, -0.15) is 5.10 Å². The molecule has 2 heterocycles. The van der Waals surface area contributed by atoms with E-state index in [-0.39, 0.29) is 5.91 Å². The van der Waals surface area contributed by atoms with E-state index in [1.54, 1.807) is 17.3 Å². The number of ether oxygens (including phenoxy) is 1. The van der Waals surface area contributed by atoms with Gasteiger partial charge in [-0.25, -0.2) is 10.0 Å². The molecule has 0 aromatic rings. The SMILES string of the molecule is CCOC1(CBr)C(C)=NN=C2C=CN(C(C)=O)N21. The van der Waals surface area contributed by atoms with E-state index < -0.39 is 5.72 Å². The summed E-state index contributed by atoms with van der Waals surface area (Å²) in [6.45, 7) is 5.76. The van der Waals surface area contributed by atoms with Crippen molar-refractivity contribution in [1.82, 2.24) is 10.0 Å². The van der Waals surface area contributed by atoms with Crippen molar-refractivity contribution in [3.8, 4) is 0 Å². The Labute approximate surface area is 114 Å². The van der Waals surface area contributed by atoms with Crippen molar-refractivity contribution in [2.75, 3.05) is 11.9 Å². The van der Waals surface area contributed by atoms with Crippen LogP contribution < -0.4 is 0 Å². The van der Waals surface area contributed by atoms with E-state index in [4.69, 9.17) is 4.74 Å². The van der Waals surface area contributed by atoms with Gasteiger partial charge < -0.3 is 4.74 Å². The molecule has 7 heteroatoms. The van der Waals surface area contributed by atoms with Crippen LogP contribution in [0.25, 0.3) is 0 Å². The predicted octanol–water partition coefficient (Wildman–Crippen LogP) is 1.49. The molecule has 2 aliphatic rings. The molecule has 0 spiro atoms. The molecule has 0 aliphatic carbocycles. The Bertz CT molecular complexity index is 460. The number of rotatable bonds is 3. The zero-order chi connectivity index (χ0) is 13.3. The van der Waals surface area contributed by atoms with Crippen LogP contribution in [0, 0.1) is 0 Å². The summed E-state index contributed by atoms with van der Waals surface area (Å²) in [5.41, 5.74) is -0.0963. The molecule has 18 heavy (non-hydrogen) atoms. The lowest BCUT2D eigenvalue weighted by Gasteiger charge is -2.45. The minimum Gasteiger partial charge on any atom is -0.348 e. The maximum atomic E-state index is 11.7. The lowest BCUT2D eigenvalue weighted by atomic mass is 10.1. The molecule has 1 unspecified atom stereocenters. The molecular formula is C11H15BrN4O2. The van der Waals surface area contributed by atoms with E-state index in [9.17, 15) is 4.79 Å². The fourth-order valence-corrected chi connectivity index (χ4v) is 2.82. The molecule has 0 saturated heterocycles. The summed E-state index contributed by atoms with van der Waals surface area (Å²) in [7, 11) is 0. The second-order valence-electron chi connectivity index (χ2n) is 3.99. The first kappa shape index (κ1) is 13.2. The Morgan fingerprint density at radius 3 is 2.83 bits per heavy atom. The molecule has 0 aromatic carbocycles. The second kappa shape index (κ2) is 4.81. The van der Waals surface area contributed by atoms with Crippen molar-refractivity contribution in [2.45, 2.75) is 26.5 Å². The fourth-order valence-electron chi connectivity index (χ4n) is 2.02. The first-order valence-corrected chi connectivity index (χ1v) is 6.79. The summed E-state index contributed by atoms with van der Waals surface area (Å²) >= 11 is 3.45. The van der Waals surface area contributed by atoms with Crippen LogP contribution in [0.5, 0.6) is 0 Å². The third kappa shape index (κ3) is 1.78. The minimum atomic E-state index is -0.805. The third-order valence-corrected chi connectivity index (χ3v) is 3.65. The van der Waals surface area contributed by atoms with Crippen LogP contribution in [0.15, 0.2) is 22.5 Å². The van der Waals surface area contributed by atoms with E-state index >= 15 is 0 Å². The molecule has 0 N–H and O–H groups in total. The van der Waals surface area contributed by atoms with Gasteiger partial charge in [0.05, 0.1) is 11.0 Å². The van der Waals surface area contributed by atoms with Crippen LogP contribution in [0.1, 0.15) is 20.8 Å². The van der Waals surface area contributed by atoms with E-state index in [0.29, 0.717) is 23.5 Å². The van der Waals surface area contributed by atoms with Gasteiger partial charge >= 0.3 is 0 Å². The number of hydrogen-bond acceptors (Lipinski definition) is 5. The molecule has 0 bridgehead atoms. The van der Waals surface area contributed by atoms with Crippen molar-refractivity contribution in [1.29, 1.82) is 0 Å².